The third-order valence-electron chi connectivity index (χ3n) is 4.33. The number of amides is 2. The minimum absolute atomic E-state index is 0.125. The Labute approximate surface area is 155 Å². The quantitative estimate of drug-likeness (QED) is 0.775. The van der Waals surface area contributed by atoms with E-state index in [1.54, 1.807) is 17.5 Å². The summed E-state index contributed by atoms with van der Waals surface area (Å²) in [5.41, 5.74) is 7.12. The number of thiophene rings is 1. The van der Waals surface area contributed by atoms with E-state index in [0.717, 1.165) is 42.8 Å². The lowest BCUT2D eigenvalue weighted by Crippen LogP contribution is -2.33. The van der Waals surface area contributed by atoms with E-state index in [0.29, 0.717) is 17.1 Å². The Balaban J connectivity index is 1.70. The summed E-state index contributed by atoms with van der Waals surface area (Å²) in [6.45, 7) is 3.66. The molecular formula is C17H22N4O2S2. The molecule has 134 valence electrons. The summed E-state index contributed by atoms with van der Waals surface area (Å²) in [6.07, 6.45) is 5.78. The number of likely N-dealkylation sites (N-methyl/N-ethyl adjacent to an activating group) is 1. The molecule has 0 aliphatic heterocycles. The maximum Gasteiger partial charge on any atom is 0.251 e. The third kappa shape index (κ3) is 4.26. The normalized spacial score (nSPS) is 13.7. The van der Waals surface area contributed by atoms with Gasteiger partial charge in [-0.05, 0) is 37.8 Å². The first kappa shape index (κ1) is 18.0. The van der Waals surface area contributed by atoms with Crippen molar-refractivity contribution in [1.82, 2.24) is 9.88 Å². The van der Waals surface area contributed by atoms with Gasteiger partial charge in [-0.1, -0.05) is 6.92 Å². The average molecular weight is 379 g/mol. The fraction of sp³-hybridized carbons (Fsp3) is 0.471. The topological polar surface area (TPSA) is 88.3 Å². The Morgan fingerprint density at radius 3 is 2.84 bits per heavy atom. The summed E-state index contributed by atoms with van der Waals surface area (Å²) in [6, 6.07) is 0. The van der Waals surface area contributed by atoms with E-state index in [1.165, 1.54) is 16.2 Å². The van der Waals surface area contributed by atoms with E-state index in [-0.39, 0.29) is 12.5 Å². The van der Waals surface area contributed by atoms with Gasteiger partial charge in [-0.2, -0.15) is 0 Å². The molecule has 0 aromatic carbocycles. The number of nitrogens with two attached hydrogens (primary N) is 1. The summed E-state index contributed by atoms with van der Waals surface area (Å²) in [5.74, 6) is -0.579. The number of thiazole rings is 1. The molecule has 1 aliphatic carbocycles. The van der Waals surface area contributed by atoms with Crippen LogP contribution in [-0.2, 0) is 24.2 Å². The predicted octanol–water partition coefficient (Wildman–Crippen LogP) is 2.64. The molecule has 0 radical (unpaired) electrons. The number of anilines is 1. The number of carbonyl (C=O) groups is 2. The van der Waals surface area contributed by atoms with E-state index in [2.05, 4.69) is 10.3 Å². The number of aromatic nitrogens is 1. The minimum atomic E-state index is -0.454. The first-order valence-electron chi connectivity index (χ1n) is 8.43. The van der Waals surface area contributed by atoms with Crippen LogP contribution in [0.1, 0.15) is 45.6 Å². The number of hydrogen-bond donors (Lipinski definition) is 2. The van der Waals surface area contributed by atoms with E-state index in [1.807, 2.05) is 17.2 Å². The fourth-order valence-corrected chi connectivity index (χ4v) is 5.05. The smallest absolute Gasteiger partial charge is 0.251 e. The first-order valence-corrected chi connectivity index (χ1v) is 10.1. The van der Waals surface area contributed by atoms with Gasteiger partial charge in [-0.25, -0.2) is 4.98 Å². The molecule has 0 saturated heterocycles. The van der Waals surface area contributed by atoms with Crippen molar-refractivity contribution in [3.63, 3.8) is 0 Å². The van der Waals surface area contributed by atoms with Crippen molar-refractivity contribution in [2.75, 3.05) is 18.4 Å². The summed E-state index contributed by atoms with van der Waals surface area (Å²) >= 11 is 3.08. The van der Waals surface area contributed by atoms with Crippen LogP contribution in [-0.4, -0.2) is 34.8 Å². The number of hydrogen-bond acceptors (Lipinski definition) is 6. The molecule has 2 amide bonds. The van der Waals surface area contributed by atoms with Crippen molar-refractivity contribution < 1.29 is 9.59 Å². The van der Waals surface area contributed by atoms with Gasteiger partial charge in [0.2, 0.25) is 5.91 Å². The summed E-state index contributed by atoms with van der Waals surface area (Å²) in [5, 5.41) is 6.43. The monoisotopic (exact) mass is 378 g/mol. The lowest BCUT2D eigenvalue weighted by molar-refractivity contribution is -0.117. The molecule has 2 aromatic rings. The number of aryl methyl sites for hydroxylation is 1. The Bertz CT molecular complexity index is 755. The SMILES string of the molecule is CCN(CC(=O)Nc1sc2c(c1C(N)=O)CCCC2)Cc1nccs1. The lowest BCUT2D eigenvalue weighted by Gasteiger charge is -2.18. The number of nitrogens with zero attached hydrogens (tertiary/aromatic N) is 2. The molecule has 0 spiro atoms. The van der Waals surface area contributed by atoms with E-state index >= 15 is 0 Å². The van der Waals surface area contributed by atoms with Gasteiger partial charge in [0.15, 0.2) is 0 Å². The zero-order chi connectivity index (χ0) is 17.8. The third-order valence-corrected chi connectivity index (χ3v) is 6.30. The van der Waals surface area contributed by atoms with Crippen LogP contribution in [0.25, 0.3) is 0 Å². The van der Waals surface area contributed by atoms with Gasteiger partial charge in [0.05, 0.1) is 18.7 Å². The van der Waals surface area contributed by atoms with E-state index < -0.39 is 5.91 Å². The van der Waals surface area contributed by atoms with Crippen molar-refractivity contribution in [3.05, 3.63) is 32.6 Å². The van der Waals surface area contributed by atoms with Gasteiger partial charge in [0.1, 0.15) is 10.0 Å². The molecule has 25 heavy (non-hydrogen) atoms. The summed E-state index contributed by atoms with van der Waals surface area (Å²) < 4.78 is 0. The van der Waals surface area contributed by atoms with Crippen molar-refractivity contribution in [2.45, 2.75) is 39.2 Å². The van der Waals surface area contributed by atoms with Gasteiger partial charge >= 0.3 is 0 Å². The molecule has 0 atom stereocenters. The standard InChI is InChI=1S/C17H22N4O2S2/c1-2-21(10-14-19-7-8-24-14)9-13(22)20-17-15(16(18)23)11-5-3-4-6-12(11)25-17/h7-8H,2-6,9-10H2,1H3,(H2,18,23)(H,20,22). The molecule has 3 rings (SSSR count). The molecule has 6 nitrogen and oxygen atoms in total. The number of rotatable bonds is 7. The highest BCUT2D eigenvalue weighted by Gasteiger charge is 2.25. The number of fused-ring (bicyclic) bond motifs is 1. The Kier molecular flexibility index (Phi) is 5.82. The molecule has 2 heterocycles. The Morgan fingerprint density at radius 2 is 2.16 bits per heavy atom. The van der Waals surface area contributed by atoms with Gasteiger partial charge in [-0.3, -0.25) is 14.5 Å². The molecule has 0 bridgehead atoms. The molecule has 1 aliphatic rings. The van der Waals surface area contributed by atoms with Crippen LogP contribution in [0.15, 0.2) is 11.6 Å². The van der Waals surface area contributed by atoms with Crippen molar-refractivity contribution in [3.8, 4) is 0 Å². The highest BCUT2D eigenvalue weighted by atomic mass is 32.1. The van der Waals surface area contributed by atoms with Crippen LogP contribution in [0.4, 0.5) is 5.00 Å². The van der Waals surface area contributed by atoms with Gasteiger partial charge in [-0.15, -0.1) is 22.7 Å². The zero-order valence-electron chi connectivity index (χ0n) is 14.2. The molecular weight excluding hydrogens is 356 g/mol. The Hall–Kier alpha value is -1.77. The Morgan fingerprint density at radius 1 is 1.36 bits per heavy atom. The second-order valence-electron chi connectivity index (χ2n) is 6.06. The van der Waals surface area contributed by atoms with Crippen molar-refractivity contribution >= 4 is 39.5 Å². The largest absolute Gasteiger partial charge is 0.365 e. The molecule has 0 saturated carbocycles. The van der Waals surface area contributed by atoms with Crippen LogP contribution >= 0.6 is 22.7 Å². The first-order chi connectivity index (χ1) is 12.1. The summed E-state index contributed by atoms with van der Waals surface area (Å²) in [4.78, 5) is 31.8. The minimum Gasteiger partial charge on any atom is -0.365 e. The highest BCUT2D eigenvalue weighted by molar-refractivity contribution is 7.17. The average Bonchev–Trinajstić information content (AvgIpc) is 3.20. The van der Waals surface area contributed by atoms with E-state index in [4.69, 9.17) is 5.73 Å². The second kappa shape index (κ2) is 8.07. The van der Waals surface area contributed by atoms with Gasteiger partial charge in [0, 0.05) is 16.5 Å². The molecule has 8 heteroatoms. The molecule has 3 N–H and O–H groups in total. The lowest BCUT2D eigenvalue weighted by atomic mass is 9.95. The van der Waals surface area contributed by atoms with Crippen LogP contribution in [0.2, 0.25) is 0 Å². The zero-order valence-corrected chi connectivity index (χ0v) is 15.8. The van der Waals surface area contributed by atoms with Crippen molar-refractivity contribution in [1.29, 1.82) is 0 Å². The number of carbonyl (C=O) groups excluding carboxylic acids is 2. The van der Waals surface area contributed by atoms with Crippen LogP contribution in [0.3, 0.4) is 0 Å². The highest BCUT2D eigenvalue weighted by Crippen LogP contribution is 2.37. The fourth-order valence-electron chi connectivity index (χ4n) is 3.09. The number of primary amides is 1. The van der Waals surface area contributed by atoms with Gasteiger partial charge < -0.3 is 11.1 Å². The van der Waals surface area contributed by atoms with Gasteiger partial charge in [0.25, 0.3) is 5.91 Å². The summed E-state index contributed by atoms with van der Waals surface area (Å²) in [7, 11) is 0. The maximum atomic E-state index is 12.5. The maximum absolute atomic E-state index is 12.5. The molecule has 2 aromatic heterocycles. The number of nitrogens with one attached hydrogen (secondary N) is 1. The van der Waals surface area contributed by atoms with E-state index in [9.17, 15) is 9.59 Å². The second-order valence-corrected chi connectivity index (χ2v) is 8.14. The predicted molar refractivity (Wildman–Crippen MR) is 101 cm³/mol. The van der Waals surface area contributed by atoms with Crippen LogP contribution in [0.5, 0.6) is 0 Å². The molecule has 0 fully saturated rings. The van der Waals surface area contributed by atoms with Crippen LogP contribution < -0.4 is 11.1 Å². The molecule has 0 unspecified atom stereocenters. The van der Waals surface area contributed by atoms with Crippen molar-refractivity contribution in [2.24, 2.45) is 5.73 Å². The van der Waals surface area contributed by atoms with Crippen LogP contribution in [0, 0.1) is 0 Å².